The molecule has 0 aromatic heterocycles. The van der Waals surface area contributed by atoms with Crippen LogP contribution in [0.15, 0.2) is 42.5 Å². The van der Waals surface area contributed by atoms with E-state index >= 15 is 0 Å². The normalized spacial score (nSPS) is 17.2. The summed E-state index contributed by atoms with van der Waals surface area (Å²) < 4.78 is 5.09. The standard InChI is InChI=1S/C22H23NO7/c1-2-30-22(29)18(9-13-3-6-16(24)7-4-13)23-20(27)11-15(21(23)28)10-14-5-8-17(25)12-19(14)26/h3-8,12,15,18,24-26H,2,9-11H2,1H3. The van der Waals surface area contributed by atoms with E-state index in [1.165, 1.54) is 30.3 Å². The van der Waals surface area contributed by atoms with Crippen molar-refractivity contribution in [1.29, 1.82) is 0 Å². The highest BCUT2D eigenvalue weighted by molar-refractivity contribution is 6.06. The SMILES string of the molecule is CCOC(=O)C(Cc1ccc(O)cc1)N1C(=O)CC(Cc2ccc(O)cc2O)C1=O. The van der Waals surface area contributed by atoms with Gasteiger partial charge in [0.1, 0.15) is 23.3 Å². The quantitative estimate of drug-likeness (QED) is 0.468. The maximum atomic E-state index is 13.0. The molecular weight excluding hydrogens is 390 g/mol. The first-order valence-electron chi connectivity index (χ1n) is 9.61. The van der Waals surface area contributed by atoms with E-state index in [-0.39, 0.29) is 43.1 Å². The van der Waals surface area contributed by atoms with Gasteiger partial charge in [-0.15, -0.1) is 0 Å². The molecule has 0 spiro atoms. The number of nitrogens with zero attached hydrogens (tertiary/aromatic N) is 1. The van der Waals surface area contributed by atoms with Crippen LogP contribution in [0, 0.1) is 5.92 Å². The molecule has 3 rings (SSSR count). The number of rotatable bonds is 7. The maximum Gasteiger partial charge on any atom is 0.329 e. The van der Waals surface area contributed by atoms with Crippen molar-refractivity contribution in [2.75, 3.05) is 6.61 Å². The van der Waals surface area contributed by atoms with Crippen molar-refractivity contribution in [3.8, 4) is 17.2 Å². The first-order valence-corrected chi connectivity index (χ1v) is 9.61. The molecule has 0 bridgehead atoms. The highest BCUT2D eigenvalue weighted by Crippen LogP contribution is 2.31. The fourth-order valence-corrected chi connectivity index (χ4v) is 3.57. The zero-order valence-electron chi connectivity index (χ0n) is 16.4. The van der Waals surface area contributed by atoms with Gasteiger partial charge in [-0.1, -0.05) is 18.2 Å². The predicted molar refractivity (Wildman–Crippen MR) is 106 cm³/mol. The van der Waals surface area contributed by atoms with Gasteiger partial charge in [-0.2, -0.15) is 0 Å². The second-order valence-electron chi connectivity index (χ2n) is 7.16. The number of benzene rings is 2. The molecule has 8 heteroatoms. The molecule has 158 valence electrons. The highest BCUT2D eigenvalue weighted by Gasteiger charge is 2.45. The summed E-state index contributed by atoms with van der Waals surface area (Å²) in [6.45, 7) is 1.74. The Bertz CT molecular complexity index is 954. The molecule has 0 saturated carbocycles. The van der Waals surface area contributed by atoms with E-state index in [0.717, 1.165) is 4.90 Å². The second kappa shape index (κ2) is 8.86. The number of hydrogen-bond donors (Lipinski definition) is 3. The van der Waals surface area contributed by atoms with E-state index in [0.29, 0.717) is 11.1 Å². The molecule has 2 atom stereocenters. The summed E-state index contributed by atoms with van der Waals surface area (Å²) >= 11 is 0. The van der Waals surface area contributed by atoms with E-state index < -0.39 is 29.7 Å². The average molecular weight is 413 g/mol. The minimum absolute atomic E-state index is 0.0633. The van der Waals surface area contributed by atoms with E-state index in [2.05, 4.69) is 0 Å². The van der Waals surface area contributed by atoms with Crippen molar-refractivity contribution in [1.82, 2.24) is 4.90 Å². The number of carbonyl (C=O) groups excluding carboxylic acids is 3. The van der Waals surface area contributed by atoms with Crippen LogP contribution in [0.2, 0.25) is 0 Å². The minimum Gasteiger partial charge on any atom is -0.508 e. The van der Waals surface area contributed by atoms with E-state index in [1.54, 1.807) is 19.1 Å². The van der Waals surface area contributed by atoms with Crippen molar-refractivity contribution in [3.05, 3.63) is 53.6 Å². The Morgan fingerprint density at radius 1 is 1.10 bits per heavy atom. The molecule has 1 aliphatic rings. The third-order valence-electron chi connectivity index (χ3n) is 5.05. The monoisotopic (exact) mass is 413 g/mol. The Hall–Kier alpha value is -3.55. The zero-order chi connectivity index (χ0) is 21.8. The van der Waals surface area contributed by atoms with Gasteiger partial charge in [-0.3, -0.25) is 14.5 Å². The van der Waals surface area contributed by atoms with Gasteiger partial charge >= 0.3 is 5.97 Å². The van der Waals surface area contributed by atoms with Crippen LogP contribution in [0.5, 0.6) is 17.2 Å². The summed E-state index contributed by atoms with van der Waals surface area (Å²) in [5.41, 5.74) is 1.08. The molecule has 1 saturated heterocycles. The maximum absolute atomic E-state index is 13.0. The smallest absolute Gasteiger partial charge is 0.329 e. The molecule has 30 heavy (non-hydrogen) atoms. The lowest BCUT2D eigenvalue weighted by molar-refractivity contribution is -0.158. The van der Waals surface area contributed by atoms with Gasteiger partial charge in [0.05, 0.1) is 12.5 Å². The van der Waals surface area contributed by atoms with Gasteiger partial charge in [-0.25, -0.2) is 4.79 Å². The lowest BCUT2D eigenvalue weighted by Crippen LogP contribution is -2.47. The van der Waals surface area contributed by atoms with Crippen molar-refractivity contribution >= 4 is 17.8 Å². The van der Waals surface area contributed by atoms with Crippen LogP contribution in [-0.2, 0) is 32.0 Å². The van der Waals surface area contributed by atoms with E-state index in [9.17, 15) is 29.7 Å². The lowest BCUT2D eigenvalue weighted by Gasteiger charge is -2.25. The largest absolute Gasteiger partial charge is 0.508 e. The Morgan fingerprint density at radius 2 is 1.77 bits per heavy atom. The van der Waals surface area contributed by atoms with Crippen LogP contribution in [0.25, 0.3) is 0 Å². The fourth-order valence-electron chi connectivity index (χ4n) is 3.57. The van der Waals surface area contributed by atoms with Crippen LogP contribution < -0.4 is 0 Å². The topological polar surface area (TPSA) is 124 Å². The Kier molecular flexibility index (Phi) is 6.25. The molecule has 1 fully saturated rings. The van der Waals surface area contributed by atoms with Gasteiger partial charge in [0, 0.05) is 18.9 Å². The molecule has 1 heterocycles. The van der Waals surface area contributed by atoms with Gasteiger partial charge in [-0.05, 0) is 42.7 Å². The van der Waals surface area contributed by atoms with E-state index in [1.807, 2.05) is 0 Å². The number of esters is 1. The molecule has 2 unspecified atom stereocenters. The first-order chi connectivity index (χ1) is 14.3. The summed E-state index contributed by atoms with van der Waals surface area (Å²) in [5.74, 6) is -2.62. The molecule has 2 aromatic carbocycles. The predicted octanol–water partition coefficient (Wildman–Crippen LogP) is 1.90. The Balaban J connectivity index is 1.83. The molecule has 0 aliphatic carbocycles. The number of amides is 2. The van der Waals surface area contributed by atoms with Crippen molar-refractivity contribution in [2.24, 2.45) is 5.92 Å². The summed E-state index contributed by atoms with van der Waals surface area (Å²) in [6, 6.07) is 9.07. The van der Waals surface area contributed by atoms with Crippen LogP contribution in [0.4, 0.5) is 0 Å². The summed E-state index contributed by atoms with van der Waals surface area (Å²) in [5, 5.41) is 28.9. The third-order valence-corrected chi connectivity index (χ3v) is 5.05. The van der Waals surface area contributed by atoms with Gasteiger partial charge < -0.3 is 20.1 Å². The lowest BCUT2D eigenvalue weighted by atomic mass is 9.97. The van der Waals surface area contributed by atoms with E-state index in [4.69, 9.17) is 4.74 Å². The minimum atomic E-state index is -1.12. The number of phenolic OH excluding ortho intramolecular Hbond substituents is 3. The van der Waals surface area contributed by atoms with Crippen LogP contribution >= 0.6 is 0 Å². The average Bonchev–Trinajstić information content (AvgIpc) is 2.97. The second-order valence-corrected chi connectivity index (χ2v) is 7.16. The number of likely N-dealkylation sites (tertiary alicyclic amines) is 1. The van der Waals surface area contributed by atoms with Crippen LogP contribution in [0.3, 0.4) is 0 Å². The van der Waals surface area contributed by atoms with Gasteiger partial charge in [0.25, 0.3) is 0 Å². The molecule has 1 aliphatic heterocycles. The number of aromatic hydroxyl groups is 3. The van der Waals surface area contributed by atoms with Gasteiger partial charge in [0.15, 0.2) is 0 Å². The van der Waals surface area contributed by atoms with Crippen molar-refractivity contribution < 1.29 is 34.4 Å². The Labute approximate surface area is 173 Å². The summed E-state index contributed by atoms with van der Waals surface area (Å²) in [4.78, 5) is 39.2. The molecular formula is C22H23NO7. The zero-order valence-corrected chi connectivity index (χ0v) is 16.4. The van der Waals surface area contributed by atoms with Crippen LogP contribution in [-0.4, -0.2) is 50.7 Å². The fraction of sp³-hybridized carbons (Fsp3) is 0.318. The number of ether oxygens (including phenoxy) is 1. The third kappa shape index (κ3) is 4.53. The first kappa shape index (κ1) is 21.2. The summed E-state index contributed by atoms with van der Waals surface area (Å²) in [6.07, 6.45) is 0.0698. The molecule has 0 radical (unpaired) electrons. The number of imide groups is 1. The number of hydrogen-bond acceptors (Lipinski definition) is 7. The highest BCUT2D eigenvalue weighted by atomic mass is 16.5. The molecule has 8 nitrogen and oxygen atoms in total. The number of carbonyl (C=O) groups is 3. The van der Waals surface area contributed by atoms with Crippen LogP contribution in [0.1, 0.15) is 24.5 Å². The number of phenols is 3. The van der Waals surface area contributed by atoms with Crippen molar-refractivity contribution in [2.45, 2.75) is 32.2 Å². The van der Waals surface area contributed by atoms with Gasteiger partial charge in [0.2, 0.25) is 11.8 Å². The van der Waals surface area contributed by atoms with Crippen molar-refractivity contribution in [3.63, 3.8) is 0 Å². The molecule has 2 aromatic rings. The summed E-state index contributed by atoms with van der Waals surface area (Å²) in [7, 11) is 0. The molecule has 2 amide bonds. The Morgan fingerprint density at radius 3 is 2.40 bits per heavy atom. The molecule has 3 N–H and O–H groups in total.